The highest BCUT2D eigenvalue weighted by molar-refractivity contribution is 5.78. The van der Waals surface area contributed by atoms with E-state index in [4.69, 9.17) is 4.42 Å². The standard InChI is InChI=1S/C18H14N2O2/c1-11-7-12(2)20-10-19-14(8-15(11)20)18-9-16(21)13-5-3-4-6-17(13)22-18/h3-10H,1-2H3. The maximum Gasteiger partial charge on any atom is 0.193 e. The zero-order valence-corrected chi connectivity index (χ0v) is 12.3. The molecule has 4 heteroatoms. The molecule has 0 saturated carbocycles. The molecule has 0 N–H and O–H groups in total. The van der Waals surface area contributed by atoms with E-state index in [1.165, 1.54) is 11.6 Å². The summed E-state index contributed by atoms with van der Waals surface area (Å²) in [5, 5.41) is 0.585. The highest BCUT2D eigenvalue weighted by Gasteiger charge is 2.10. The average Bonchev–Trinajstić information content (AvgIpc) is 2.81. The summed E-state index contributed by atoms with van der Waals surface area (Å²) >= 11 is 0. The van der Waals surface area contributed by atoms with Gasteiger partial charge in [-0.2, -0.15) is 0 Å². The van der Waals surface area contributed by atoms with Crippen LogP contribution in [0.15, 0.2) is 58.0 Å². The van der Waals surface area contributed by atoms with E-state index in [0.29, 0.717) is 22.4 Å². The number of fused-ring (bicyclic) bond motifs is 2. The Morgan fingerprint density at radius 1 is 1.09 bits per heavy atom. The van der Waals surface area contributed by atoms with Gasteiger partial charge in [-0.25, -0.2) is 4.98 Å². The zero-order chi connectivity index (χ0) is 15.3. The van der Waals surface area contributed by atoms with Crippen LogP contribution in [-0.4, -0.2) is 9.38 Å². The van der Waals surface area contributed by atoms with Crippen molar-refractivity contribution >= 4 is 16.5 Å². The van der Waals surface area contributed by atoms with Crippen LogP contribution in [0.3, 0.4) is 0 Å². The molecule has 0 bridgehead atoms. The first-order valence-electron chi connectivity index (χ1n) is 7.11. The van der Waals surface area contributed by atoms with Crippen molar-refractivity contribution in [3.8, 4) is 11.5 Å². The molecule has 3 aromatic heterocycles. The minimum absolute atomic E-state index is 0.0539. The number of aryl methyl sites for hydroxylation is 2. The van der Waals surface area contributed by atoms with Gasteiger partial charge in [-0.05, 0) is 43.7 Å². The Hall–Kier alpha value is -2.88. The molecule has 0 amide bonds. The van der Waals surface area contributed by atoms with E-state index in [0.717, 1.165) is 11.2 Å². The van der Waals surface area contributed by atoms with Gasteiger partial charge in [-0.1, -0.05) is 12.1 Å². The zero-order valence-electron chi connectivity index (χ0n) is 12.3. The molecule has 0 spiro atoms. The van der Waals surface area contributed by atoms with E-state index in [-0.39, 0.29) is 5.43 Å². The molecule has 108 valence electrons. The summed E-state index contributed by atoms with van der Waals surface area (Å²) in [4.78, 5) is 16.6. The summed E-state index contributed by atoms with van der Waals surface area (Å²) in [6, 6.07) is 12.8. The van der Waals surface area contributed by atoms with Crippen LogP contribution in [-0.2, 0) is 0 Å². The Kier molecular flexibility index (Phi) is 2.66. The first-order valence-corrected chi connectivity index (χ1v) is 7.11. The topological polar surface area (TPSA) is 47.5 Å². The summed E-state index contributed by atoms with van der Waals surface area (Å²) in [7, 11) is 0. The molecule has 3 heterocycles. The molecular weight excluding hydrogens is 276 g/mol. The Morgan fingerprint density at radius 2 is 1.91 bits per heavy atom. The lowest BCUT2D eigenvalue weighted by Gasteiger charge is -2.04. The smallest absolute Gasteiger partial charge is 0.193 e. The highest BCUT2D eigenvalue weighted by atomic mass is 16.3. The maximum atomic E-state index is 12.2. The first kappa shape index (κ1) is 12.8. The summed E-state index contributed by atoms with van der Waals surface area (Å²) in [5.41, 5.74) is 4.56. The van der Waals surface area contributed by atoms with Gasteiger partial charge < -0.3 is 8.82 Å². The van der Waals surface area contributed by atoms with E-state index in [1.807, 2.05) is 29.5 Å². The Balaban J connectivity index is 1.98. The van der Waals surface area contributed by atoms with Gasteiger partial charge in [0.1, 0.15) is 17.6 Å². The summed E-state index contributed by atoms with van der Waals surface area (Å²) < 4.78 is 7.88. The minimum atomic E-state index is -0.0539. The third-order valence-electron chi connectivity index (χ3n) is 3.94. The van der Waals surface area contributed by atoms with E-state index in [2.05, 4.69) is 18.0 Å². The second kappa shape index (κ2) is 4.56. The molecule has 4 rings (SSSR count). The van der Waals surface area contributed by atoms with Gasteiger partial charge in [-0.3, -0.25) is 4.79 Å². The van der Waals surface area contributed by atoms with Crippen LogP contribution < -0.4 is 5.43 Å². The molecule has 4 aromatic rings. The Labute approximate surface area is 126 Å². The molecule has 0 aliphatic carbocycles. The molecule has 4 nitrogen and oxygen atoms in total. The van der Waals surface area contributed by atoms with Crippen molar-refractivity contribution in [2.24, 2.45) is 0 Å². The average molecular weight is 290 g/mol. The fraction of sp³-hybridized carbons (Fsp3) is 0.111. The molecule has 0 aliphatic rings. The van der Waals surface area contributed by atoms with Crippen molar-refractivity contribution in [1.82, 2.24) is 9.38 Å². The first-order chi connectivity index (χ1) is 10.6. The molecule has 0 fully saturated rings. The number of nitrogens with zero attached hydrogens (tertiary/aromatic N) is 2. The second-order valence-electron chi connectivity index (χ2n) is 5.47. The fourth-order valence-electron chi connectivity index (χ4n) is 2.83. The van der Waals surface area contributed by atoms with Crippen LogP contribution in [0, 0.1) is 13.8 Å². The van der Waals surface area contributed by atoms with Gasteiger partial charge in [0.05, 0.1) is 10.9 Å². The normalized spacial score (nSPS) is 11.4. The maximum absolute atomic E-state index is 12.2. The fourth-order valence-corrected chi connectivity index (χ4v) is 2.83. The van der Waals surface area contributed by atoms with Crippen molar-refractivity contribution in [1.29, 1.82) is 0 Å². The van der Waals surface area contributed by atoms with Gasteiger partial charge in [-0.15, -0.1) is 0 Å². The van der Waals surface area contributed by atoms with E-state index < -0.39 is 0 Å². The van der Waals surface area contributed by atoms with Crippen LogP contribution in [0.25, 0.3) is 27.9 Å². The predicted octanol–water partition coefficient (Wildman–Crippen LogP) is 3.72. The monoisotopic (exact) mass is 290 g/mol. The van der Waals surface area contributed by atoms with Crippen molar-refractivity contribution < 1.29 is 4.42 Å². The number of hydrogen-bond donors (Lipinski definition) is 0. The van der Waals surface area contributed by atoms with Crippen molar-refractivity contribution in [3.05, 3.63) is 70.3 Å². The van der Waals surface area contributed by atoms with Crippen molar-refractivity contribution in [2.45, 2.75) is 13.8 Å². The summed E-state index contributed by atoms with van der Waals surface area (Å²) in [6.07, 6.45) is 1.77. The SMILES string of the molecule is Cc1cc(C)n2cnc(-c3cc(=O)c4ccccc4o3)cc12. The molecule has 22 heavy (non-hydrogen) atoms. The van der Waals surface area contributed by atoms with Crippen molar-refractivity contribution in [3.63, 3.8) is 0 Å². The Bertz CT molecular complexity index is 1070. The number of hydrogen-bond acceptors (Lipinski definition) is 3. The van der Waals surface area contributed by atoms with E-state index in [9.17, 15) is 4.79 Å². The Morgan fingerprint density at radius 3 is 2.77 bits per heavy atom. The number of para-hydroxylation sites is 1. The molecule has 0 unspecified atom stereocenters. The highest BCUT2D eigenvalue weighted by Crippen LogP contribution is 2.23. The molecular formula is C18H14N2O2. The number of rotatable bonds is 1. The molecule has 0 aliphatic heterocycles. The summed E-state index contributed by atoms with van der Waals surface area (Å²) in [6.45, 7) is 4.10. The lowest BCUT2D eigenvalue weighted by molar-refractivity contribution is 0.616. The van der Waals surface area contributed by atoms with Gasteiger partial charge in [0, 0.05) is 11.8 Å². The van der Waals surface area contributed by atoms with Gasteiger partial charge in [0.25, 0.3) is 0 Å². The van der Waals surface area contributed by atoms with E-state index in [1.54, 1.807) is 18.5 Å². The molecule has 0 radical (unpaired) electrons. The van der Waals surface area contributed by atoms with Gasteiger partial charge >= 0.3 is 0 Å². The number of benzene rings is 1. The quantitative estimate of drug-likeness (QED) is 0.536. The van der Waals surface area contributed by atoms with Crippen LogP contribution >= 0.6 is 0 Å². The largest absolute Gasteiger partial charge is 0.454 e. The van der Waals surface area contributed by atoms with Crippen LogP contribution in [0.2, 0.25) is 0 Å². The van der Waals surface area contributed by atoms with Crippen LogP contribution in [0.1, 0.15) is 11.3 Å². The summed E-state index contributed by atoms with van der Waals surface area (Å²) in [5.74, 6) is 0.490. The van der Waals surface area contributed by atoms with Crippen LogP contribution in [0.4, 0.5) is 0 Å². The van der Waals surface area contributed by atoms with Gasteiger partial charge in [0.15, 0.2) is 11.2 Å². The minimum Gasteiger partial charge on any atom is -0.454 e. The third kappa shape index (κ3) is 1.84. The molecule has 1 aromatic carbocycles. The second-order valence-corrected chi connectivity index (χ2v) is 5.47. The number of aromatic nitrogens is 2. The molecule has 0 saturated heterocycles. The molecule has 0 atom stereocenters. The lowest BCUT2D eigenvalue weighted by Crippen LogP contribution is -2.01. The third-order valence-corrected chi connectivity index (χ3v) is 3.94. The predicted molar refractivity (Wildman–Crippen MR) is 86.1 cm³/mol. The van der Waals surface area contributed by atoms with Crippen molar-refractivity contribution in [2.75, 3.05) is 0 Å². The van der Waals surface area contributed by atoms with E-state index >= 15 is 0 Å². The van der Waals surface area contributed by atoms with Crippen LogP contribution in [0.5, 0.6) is 0 Å². The van der Waals surface area contributed by atoms with Gasteiger partial charge in [0.2, 0.25) is 0 Å². The lowest BCUT2D eigenvalue weighted by atomic mass is 10.2.